The zero-order chi connectivity index (χ0) is 22.4. The fourth-order valence-corrected chi connectivity index (χ4v) is 4.86. The van der Waals surface area contributed by atoms with Gasteiger partial charge in [-0.05, 0) is 36.6 Å². The van der Waals surface area contributed by atoms with Crippen LogP contribution in [0.1, 0.15) is 35.3 Å². The fraction of sp³-hybridized carbons (Fsp3) is 0.364. The van der Waals surface area contributed by atoms with Gasteiger partial charge in [0.05, 0.1) is 16.2 Å². The monoisotopic (exact) mass is 460 g/mol. The lowest BCUT2D eigenvalue weighted by Crippen LogP contribution is -2.22. The number of aromatic nitrogens is 3. The topological polar surface area (TPSA) is 76.9 Å². The normalized spacial score (nSPS) is 11.1. The second-order valence-corrected chi connectivity index (χ2v) is 9.61. The van der Waals surface area contributed by atoms with Gasteiger partial charge in [-0.3, -0.25) is 9.59 Å². The Morgan fingerprint density at radius 2 is 1.97 bits per heavy atom. The number of carbonyl (C=O) groups is 2. The van der Waals surface area contributed by atoms with Crippen molar-refractivity contribution in [2.75, 3.05) is 12.3 Å². The number of hydrogen-bond acceptors (Lipinski definition) is 6. The lowest BCUT2D eigenvalue weighted by Gasteiger charge is -2.12. The van der Waals surface area contributed by atoms with Gasteiger partial charge in [0.2, 0.25) is 5.91 Å². The molecule has 0 radical (unpaired) electrons. The first-order valence-electron chi connectivity index (χ1n) is 10.0. The molecule has 1 amide bonds. The Kier molecular flexibility index (Phi) is 7.97. The molecule has 0 fully saturated rings. The highest BCUT2D eigenvalue weighted by atomic mass is 32.2. The smallest absolute Gasteiger partial charge is 0.216 e. The average molecular weight is 461 g/mol. The molecule has 0 aliphatic rings. The third kappa shape index (κ3) is 6.24. The first-order valence-corrected chi connectivity index (χ1v) is 11.8. The van der Waals surface area contributed by atoms with Crippen molar-refractivity contribution in [1.29, 1.82) is 0 Å². The van der Waals surface area contributed by atoms with Gasteiger partial charge in [-0.25, -0.2) is 4.39 Å². The number of benzene rings is 1. The van der Waals surface area contributed by atoms with E-state index in [1.54, 1.807) is 18.2 Å². The van der Waals surface area contributed by atoms with Crippen LogP contribution in [0.2, 0.25) is 0 Å². The first-order chi connectivity index (χ1) is 14.8. The van der Waals surface area contributed by atoms with Crippen LogP contribution in [-0.4, -0.2) is 38.8 Å². The molecule has 0 aliphatic heterocycles. The lowest BCUT2D eigenvalue weighted by atomic mass is 10.2. The summed E-state index contributed by atoms with van der Waals surface area (Å²) in [7, 11) is 0. The van der Waals surface area contributed by atoms with Crippen molar-refractivity contribution < 1.29 is 14.0 Å². The molecule has 1 aromatic carbocycles. The van der Waals surface area contributed by atoms with Gasteiger partial charge in [0.1, 0.15) is 5.82 Å². The Morgan fingerprint density at radius 3 is 2.68 bits per heavy atom. The molecular formula is C22H25FN4O2S2. The van der Waals surface area contributed by atoms with Crippen molar-refractivity contribution in [3.05, 3.63) is 52.0 Å². The summed E-state index contributed by atoms with van der Waals surface area (Å²) in [6.45, 7) is 6.79. The summed E-state index contributed by atoms with van der Waals surface area (Å²) in [4.78, 5) is 25.4. The molecule has 0 atom stereocenters. The highest BCUT2D eigenvalue weighted by Gasteiger charge is 2.19. The van der Waals surface area contributed by atoms with E-state index in [0.29, 0.717) is 46.8 Å². The molecule has 0 aliphatic carbocycles. The van der Waals surface area contributed by atoms with Crippen molar-refractivity contribution in [3.8, 4) is 11.4 Å². The van der Waals surface area contributed by atoms with E-state index in [-0.39, 0.29) is 23.3 Å². The number of rotatable bonds is 10. The highest BCUT2D eigenvalue weighted by Crippen LogP contribution is 2.28. The largest absolute Gasteiger partial charge is 0.356 e. The summed E-state index contributed by atoms with van der Waals surface area (Å²) in [5.74, 6) is 0.590. The van der Waals surface area contributed by atoms with Crippen LogP contribution >= 0.6 is 23.1 Å². The SMILES string of the molecule is CC(=O)NCCc1ccc(C(=O)CSc2nnc(-c3ccccc3F)n2CC(C)C)s1. The molecule has 0 saturated carbocycles. The molecule has 0 saturated heterocycles. The highest BCUT2D eigenvalue weighted by molar-refractivity contribution is 7.99. The van der Waals surface area contributed by atoms with Gasteiger partial charge >= 0.3 is 0 Å². The minimum absolute atomic E-state index is 0.00677. The number of amides is 1. The number of hydrogen-bond donors (Lipinski definition) is 1. The summed E-state index contributed by atoms with van der Waals surface area (Å²) in [5, 5.41) is 11.8. The zero-order valence-electron chi connectivity index (χ0n) is 17.7. The first kappa shape index (κ1) is 23.1. The third-order valence-corrected chi connectivity index (χ3v) is 6.55. The molecular weight excluding hydrogens is 435 g/mol. The van der Waals surface area contributed by atoms with Crippen LogP contribution < -0.4 is 5.32 Å². The number of thiophene rings is 1. The molecule has 0 spiro atoms. The maximum absolute atomic E-state index is 14.3. The van der Waals surface area contributed by atoms with Crippen LogP contribution in [0.15, 0.2) is 41.6 Å². The molecule has 3 aromatic rings. The van der Waals surface area contributed by atoms with E-state index in [1.807, 2.05) is 16.7 Å². The van der Waals surface area contributed by atoms with Gasteiger partial charge in [0.15, 0.2) is 16.8 Å². The van der Waals surface area contributed by atoms with Gasteiger partial charge < -0.3 is 9.88 Å². The van der Waals surface area contributed by atoms with Crippen LogP contribution in [0.3, 0.4) is 0 Å². The second kappa shape index (κ2) is 10.7. The Hall–Kier alpha value is -2.52. The van der Waals surface area contributed by atoms with E-state index in [9.17, 15) is 14.0 Å². The molecule has 9 heteroatoms. The van der Waals surface area contributed by atoms with E-state index < -0.39 is 0 Å². The summed E-state index contributed by atoms with van der Waals surface area (Å²) < 4.78 is 16.2. The summed E-state index contributed by atoms with van der Waals surface area (Å²) in [6.07, 6.45) is 0.694. The van der Waals surface area contributed by atoms with E-state index in [4.69, 9.17) is 0 Å². The van der Waals surface area contributed by atoms with Crippen LogP contribution in [-0.2, 0) is 17.8 Å². The maximum Gasteiger partial charge on any atom is 0.216 e. The Balaban J connectivity index is 1.70. The third-order valence-electron chi connectivity index (χ3n) is 4.39. The molecule has 2 heterocycles. The van der Waals surface area contributed by atoms with Gasteiger partial charge in [-0.15, -0.1) is 21.5 Å². The predicted octanol–water partition coefficient (Wildman–Crippen LogP) is 4.46. The summed E-state index contributed by atoms with van der Waals surface area (Å²) in [5.41, 5.74) is 0.399. The standard InChI is InChI=1S/C22H25FN4O2S2/c1-14(2)12-27-21(17-6-4-5-7-18(17)23)25-26-22(27)30-13-19(29)20-9-8-16(31-20)10-11-24-15(3)28/h4-9,14H,10-13H2,1-3H3,(H,24,28). The number of nitrogens with one attached hydrogen (secondary N) is 1. The average Bonchev–Trinajstić information content (AvgIpc) is 3.33. The van der Waals surface area contributed by atoms with Crippen LogP contribution in [0.5, 0.6) is 0 Å². The Bertz CT molecular complexity index is 1060. The number of Topliss-reactive ketones (excluding diaryl/α,β-unsaturated/α-hetero) is 1. The predicted molar refractivity (Wildman–Crippen MR) is 122 cm³/mol. The van der Waals surface area contributed by atoms with Gasteiger partial charge in [-0.1, -0.05) is 37.7 Å². The Labute approximate surface area is 189 Å². The lowest BCUT2D eigenvalue weighted by molar-refractivity contribution is -0.118. The molecule has 3 rings (SSSR count). The van der Waals surface area contributed by atoms with E-state index in [2.05, 4.69) is 29.4 Å². The van der Waals surface area contributed by atoms with E-state index in [0.717, 1.165) is 4.88 Å². The van der Waals surface area contributed by atoms with Crippen molar-refractivity contribution in [1.82, 2.24) is 20.1 Å². The summed E-state index contributed by atoms with van der Waals surface area (Å²) in [6, 6.07) is 10.2. The van der Waals surface area contributed by atoms with Crippen LogP contribution in [0.25, 0.3) is 11.4 Å². The van der Waals surface area contributed by atoms with Gasteiger partial charge in [0.25, 0.3) is 0 Å². The minimum atomic E-state index is -0.349. The number of halogens is 1. The summed E-state index contributed by atoms with van der Waals surface area (Å²) >= 11 is 2.75. The van der Waals surface area contributed by atoms with Crippen LogP contribution in [0, 0.1) is 11.7 Å². The van der Waals surface area contributed by atoms with E-state index >= 15 is 0 Å². The Morgan fingerprint density at radius 1 is 1.19 bits per heavy atom. The van der Waals surface area contributed by atoms with Crippen molar-refractivity contribution in [3.63, 3.8) is 0 Å². The molecule has 31 heavy (non-hydrogen) atoms. The quantitative estimate of drug-likeness (QED) is 0.357. The second-order valence-electron chi connectivity index (χ2n) is 7.50. The van der Waals surface area contributed by atoms with Gasteiger partial charge in [-0.2, -0.15) is 0 Å². The molecule has 1 N–H and O–H groups in total. The van der Waals surface area contributed by atoms with E-state index in [1.165, 1.54) is 36.1 Å². The molecule has 164 valence electrons. The van der Waals surface area contributed by atoms with Crippen molar-refractivity contribution in [2.45, 2.75) is 38.9 Å². The number of ketones is 1. The fourth-order valence-electron chi connectivity index (χ4n) is 2.99. The van der Waals surface area contributed by atoms with Crippen LogP contribution in [0.4, 0.5) is 4.39 Å². The number of carbonyl (C=O) groups excluding carboxylic acids is 2. The number of thioether (sulfide) groups is 1. The van der Waals surface area contributed by atoms with Crippen molar-refractivity contribution >= 4 is 34.8 Å². The molecule has 0 unspecified atom stereocenters. The van der Waals surface area contributed by atoms with Crippen molar-refractivity contribution in [2.24, 2.45) is 5.92 Å². The number of nitrogens with zero attached hydrogens (tertiary/aromatic N) is 3. The molecule has 0 bridgehead atoms. The maximum atomic E-state index is 14.3. The molecule has 6 nitrogen and oxygen atoms in total. The zero-order valence-corrected chi connectivity index (χ0v) is 19.4. The minimum Gasteiger partial charge on any atom is -0.356 e. The molecule has 2 aromatic heterocycles. The van der Waals surface area contributed by atoms with Gasteiger partial charge in [0, 0.05) is 24.9 Å².